The van der Waals surface area contributed by atoms with Gasteiger partial charge in [0.05, 0.1) is 12.6 Å². The first-order valence-corrected chi connectivity index (χ1v) is 6.29. The summed E-state index contributed by atoms with van der Waals surface area (Å²) >= 11 is 0. The number of aryl methyl sites for hydroxylation is 2. The molecule has 1 atom stereocenters. The molecule has 92 valence electrons. The average Bonchev–Trinajstić information content (AvgIpc) is 2.36. The van der Waals surface area contributed by atoms with E-state index in [0.29, 0.717) is 0 Å². The van der Waals surface area contributed by atoms with Crippen LogP contribution in [0, 0.1) is 13.8 Å². The Morgan fingerprint density at radius 2 is 2.12 bits per heavy atom. The molecule has 2 rings (SSSR count). The molecule has 0 aromatic heterocycles. The monoisotopic (exact) mass is 231 g/mol. The first-order chi connectivity index (χ1) is 8.22. The number of ether oxygens (including phenoxy) is 1. The number of rotatable bonds is 3. The van der Waals surface area contributed by atoms with E-state index in [4.69, 9.17) is 4.74 Å². The molecule has 1 aromatic carbocycles. The molecule has 1 aliphatic rings. The lowest BCUT2D eigenvalue weighted by Crippen LogP contribution is -2.22. The van der Waals surface area contributed by atoms with Crippen molar-refractivity contribution in [2.24, 2.45) is 0 Å². The van der Waals surface area contributed by atoms with Crippen LogP contribution in [0.2, 0.25) is 0 Å². The molecule has 0 radical (unpaired) electrons. The molecule has 2 heteroatoms. The lowest BCUT2D eigenvalue weighted by molar-refractivity contribution is 0.169. The summed E-state index contributed by atoms with van der Waals surface area (Å²) in [6.07, 6.45) is 4.47. The van der Waals surface area contributed by atoms with Gasteiger partial charge in [0.2, 0.25) is 0 Å². The number of hydrogen-bond acceptors (Lipinski definition) is 2. The van der Waals surface area contributed by atoms with E-state index < -0.39 is 0 Å². The molecular formula is C15H21NO. The van der Waals surface area contributed by atoms with E-state index in [1.807, 2.05) is 7.05 Å². The molecule has 0 spiro atoms. The SMILES string of the molecule is CNC(C1=CCCCO1)c1cc(C)ccc1C. The molecule has 1 unspecified atom stereocenters. The molecule has 1 aliphatic heterocycles. The van der Waals surface area contributed by atoms with E-state index in [0.717, 1.165) is 25.2 Å². The standard InChI is InChI=1S/C15H21NO/c1-11-7-8-12(2)13(10-11)15(16-3)14-6-4-5-9-17-14/h6-8,10,15-16H,4-5,9H2,1-3H3. The lowest BCUT2D eigenvalue weighted by atomic mass is 9.96. The van der Waals surface area contributed by atoms with Crippen LogP contribution in [0.15, 0.2) is 30.0 Å². The van der Waals surface area contributed by atoms with Crippen LogP contribution in [0.3, 0.4) is 0 Å². The Morgan fingerprint density at radius 1 is 1.29 bits per heavy atom. The predicted molar refractivity (Wildman–Crippen MR) is 71.0 cm³/mol. The van der Waals surface area contributed by atoms with Crippen molar-refractivity contribution in [1.29, 1.82) is 0 Å². The van der Waals surface area contributed by atoms with Crippen LogP contribution in [-0.4, -0.2) is 13.7 Å². The minimum absolute atomic E-state index is 0.190. The summed E-state index contributed by atoms with van der Waals surface area (Å²) < 4.78 is 5.78. The molecular weight excluding hydrogens is 210 g/mol. The Bertz CT molecular complexity index is 423. The van der Waals surface area contributed by atoms with Crippen molar-refractivity contribution in [2.75, 3.05) is 13.7 Å². The van der Waals surface area contributed by atoms with E-state index in [9.17, 15) is 0 Å². The Morgan fingerprint density at radius 3 is 2.76 bits per heavy atom. The number of benzene rings is 1. The van der Waals surface area contributed by atoms with Crippen molar-refractivity contribution in [1.82, 2.24) is 5.32 Å². The maximum absolute atomic E-state index is 5.78. The van der Waals surface area contributed by atoms with Crippen LogP contribution in [-0.2, 0) is 4.74 Å². The van der Waals surface area contributed by atoms with Crippen LogP contribution >= 0.6 is 0 Å². The van der Waals surface area contributed by atoms with Crippen LogP contribution in [0.1, 0.15) is 35.6 Å². The molecule has 1 N–H and O–H groups in total. The third-order valence-corrected chi connectivity index (χ3v) is 3.28. The predicted octanol–water partition coefficient (Wildman–Crippen LogP) is 3.26. The van der Waals surface area contributed by atoms with Crippen molar-refractivity contribution in [3.8, 4) is 0 Å². The minimum Gasteiger partial charge on any atom is -0.496 e. The second kappa shape index (κ2) is 5.37. The van der Waals surface area contributed by atoms with Gasteiger partial charge < -0.3 is 10.1 Å². The molecule has 17 heavy (non-hydrogen) atoms. The van der Waals surface area contributed by atoms with Gasteiger partial charge in [-0.15, -0.1) is 0 Å². The highest BCUT2D eigenvalue weighted by molar-refractivity contribution is 5.36. The quantitative estimate of drug-likeness (QED) is 0.862. The Labute approximate surface area is 104 Å². The van der Waals surface area contributed by atoms with Gasteiger partial charge >= 0.3 is 0 Å². The summed E-state index contributed by atoms with van der Waals surface area (Å²) in [6, 6.07) is 6.77. The average molecular weight is 231 g/mol. The van der Waals surface area contributed by atoms with E-state index in [1.165, 1.54) is 16.7 Å². The van der Waals surface area contributed by atoms with Gasteiger partial charge in [-0.2, -0.15) is 0 Å². The lowest BCUT2D eigenvalue weighted by Gasteiger charge is -2.25. The fraction of sp³-hybridized carbons (Fsp3) is 0.467. The van der Waals surface area contributed by atoms with E-state index in [1.54, 1.807) is 0 Å². The highest BCUT2D eigenvalue weighted by Gasteiger charge is 2.19. The Balaban J connectivity index is 2.34. The highest BCUT2D eigenvalue weighted by Crippen LogP contribution is 2.28. The molecule has 0 bridgehead atoms. The van der Waals surface area contributed by atoms with E-state index in [-0.39, 0.29) is 6.04 Å². The van der Waals surface area contributed by atoms with Crippen molar-refractivity contribution in [2.45, 2.75) is 32.7 Å². The molecule has 2 nitrogen and oxygen atoms in total. The van der Waals surface area contributed by atoms with Gasteiger partial charge in [0.1, 0.15) is 5.76 Å². The summed E-state index contributed by atoms with van der Waals surface area (Å²) in [6.45, 7) is 5.13. The van der Waals surface area contributed by atoms with Crippen molar-refractivity contribution in [3.05, 3.63) is 46.7 Å². The summed E-state index contributed by atoms with van der Waals surface area (Å²) in [5.74, 6) is 1.08. The maximum Gasteiger partial charge on any atom is 0.113 e. The van der Waals surface area contributed by atoms with Crippen molar-refractivity contribution >= 4 is 0 Å². The Kier molecular flexibility index (Phi) is 3.85. The van der Waals surface area contributed by atoms with Crippen LogP contribution in [0.4, 0.5) is 0 Å². The van der Waals surface area contributed by atoms with Gasteiger partial charge in [-0.05, 0) is 50.9 Å². The second-order valence-corrected chi connectivity index (χ2v) is 4.68. The largest absolute Gasteiger partial charge is 0.496 e. The van der Waals surface area contributed by atoms with Gasteiger partial charge in [0.15, 0.2) is 0 Å². The topological polar surface area (TPSA) is 21.3 Å². The zero-order valence-corrected chi connectivity index (χ0v) is 10.9. The van der Waals surface area contributed by atoms with E-state index in [2.05, 4.69) is 43.4 Å². The van der Waals surface area contributed by atoms with Gasteiger partial charge in [0, 0.05) is 0 Å². The summed E-state index contributed by atoms with van der Waals surface area (Å²) in [4.78, 5) is 0. The zero-order valence-electron chi connectivity index (χ0n) is 10.9. The molecule has 0 fully saturated rings. The van der Waals surface area contributed by atoms with E-state index >= 15 is 0 Å². The fourth-order valence-corrected chi connectivity index (χ4v) is 2.30. The van der Waals surface area contributed by atoms with Crippen molar-refractivity contribution in [3.63, 3.8) is 0 Å². The smallest absolute Gasteiger partial charge is 0.113 e. The molecule has 0 saturated carbocycles. The third-order valence-electron chi connectivity index (χ3n) is 3.28. The summed E-state index contributed by atoms with van der Waals surface area (Å²) in [5.41, 5.74) is 3.92. The van der Waals surface area contributed by atoms with Crippen molar-refractivity contribution < 1.29 is 4.74 Å². The molecule has 1 aromatic rings. The minimum atomic E-state index is 0.190. The molecule has 0 amide bonds. The number of hydrogen-bond donors (Lipinski definition) is 1. The first-order valence-electron chi connectivity index (χ1n) is 6.29. The number of likely N-dealkylation sites (N-methyl/N-ethyl adjacent to an activating group) is 1. The first kappa shape index (κ1) is 12.2. The highest BCUT2D eigenvalue weighted by atomic mass is 16.5. The van der Waals surface area contributed by atoms with Crippen LogP contribution in [0.5, 0.6) is 0 Å². The van der Waals surface area contributed by atoms with Crippen LogP contribution in [0.25, 0.3) is 0 Å². The fourth-order valence-electron chi connectivity index (χ4n) is 2.30. The van der Waals surface area contributed by atoms with Gasteiger partial charge in [-0.1, -0.05) is 23.8 Å². The third kappa shape index (κ3) is 2.70. The van der Waals surface area contributed by atoms with Crippen LogP contribution < -0.4 is 5.32 Å². The summed E-state index contributed by atoms with van der Waals surface area (Å²) in [7, 11) is 1.99. The second-order valence-electron chi connectivity index (χ2n) is 4.68. The zero-order chi connectivity index (χ0) is 12.3. The number of nitrogens with one attached hydrogen (secondary N) is 1. The van der Waals surface area contributed by atoms with Gasteiger partial charge in [-0.3, -0.25) is 0 Å². The van der Waals surface area contributed by atoms with Gasteiger partial charge in [0.25, 0.3) is 0 Å². The number of allylic oxidation sites excluding steroid dienone is 1. The normalized spacial score (nSPS) is 17.2. The van der Waals surface area contributed by atoms with Gasteiger partial charge in [-0.25, -0.2) is 0 Å². The Hall–Kier alpha value is -1.28. The summed E-state index contributed by atoms with van der Waals surface area (Å²) in [5, 5.41) is 3.36. The molecule has 0 saturated heterocycles. The molecule has 0 aliphatic carbocycles. The molecule has 1 heterocycles. The maximum atomic E-state index is 5.78.